The standard InChI is InChI=1S/C12H21NO3/c1-3-16-11(14)8-13-12(15)10-6-4-9(2)5-7-10/h9-10H,3-8H2,1-2H3,(H,13,15). The van der Waals surface area contributed by atoms with E-state index in [2.05, 4.69) is 12.2 Å². The second-order valence-electron chi connectivity index (χ2n) is 4.48. The second kappa shape index (κ2) is 6.51. The molecule has 4 heteroatoms. The lowest BCUT2D eigenvalue weighted by Crippen LogP contribution is -2.36. The Bertz CT molecular complexity index is 245. The molecule has 1 aliphatic rings. The van der Waals surface area contributed by atoms with Crippen LogP contribution in [0.3, 0.4) is 0 Å². The highest BCUT2D eigenvalue weighted by Gasteiger charge is 2.24. The Morgan fingerprint density at radius 2 is 1.88 bits per heavy atom. The zero-order valence-corrected chi connectivity index (χ0v) is 10.1. The SMILES string of the molecule is CCOC(=O)CNC(=O)C1CCC(C)CC1. The van der Waals surface area contributed by atoms with Crippen molar-refractivity contribution >= 4 is 11.9 Å². The van der Waals surface area contributed by atoms with Gasteiger partial charge in [0, 0.05) is 5.92 Å². The number of carbonyl (C=O) groups is 2. The molecule has 0 unspecified atom stereocenters. The second-order valence-corrected chi connectivity index (χ2v) is 4.48. The summed E-state index contributed by atoms with van der Waals surface area (Å²) < 4.78 is 4.74. The van der Waals surface area contributed by atoms with Crippen LogP contribution in [0.2, 0.25) is 0 Å². The van der Waals surface area contributed by atoms with Crippen LogP contribution in [0.4, 0.5) is 0 Å². The number of rotatable bonds is 4. The first-order chi connectivity index (χ1) is 7.63. The third-order valence-electron chi connectivity index (χ3n) is 3.10. The van der Waals surface area contributed by atoms with E-state index in [-0.39, 0.29) is 24.3 Å². The van der Waals surface area contributed by atoms with Gasteiger partial charge in [0.15, 0.2) is 0 Å². The van der Waals surface area contributed by atoms with Gasteiger partial charge in [-0.05, 0) is 38.5 Å². The van der Waals surface area contributed by atoms with Crippen molar-refractivity contribution < 1.29 is 14.3 Å². The van der Waals surface area contributed by atoms with Crippen molar-refractivity contribution in [1.29, 1.82) is 0 Å². The molecule has 1 rings (SSSR count). The summed E-state index contributed by atoms with van der Waals surface area (Å²) in [6.07, 6.45) is 4.10. The van der Waals surface area contributed by atoms with Crippen molar-refractivity contribution in [3.63, 3.8) is 0 Å². The van der Waals surface area contributed by atoms with Crippen molar-refractivity contribution in [2.75, 3.05) is 13.2 Å². The van der Waals surface area contributed by atoms with Crippen molar-refractivity contribution in [3.05, 3.63) is 0 Å². The summed E-state index contributed by atoms with van der Waals surface area (Å²) in [4.78, 5) is 22.7. The predicted molar refractivity (Wildman–Crippen MR) is 60.8 cm³/mol. The molecule has 0 spiro atoms. The van der Waals surface area contributed by atoms with Gasteiger partial charge in [0.05, 0.1) is 6.61 Å². The molecule has 1 aliphatic carbocycles. The van der Waals surface area contributed by atoms with Gasteiger partial charge in [-0.3, -0.25) is 9.59 Å². The molecule has 1 fully saturated rings. The summed E-state index contributed by atoms with van der Waals surface area (Å²) in [7, 11) is 0. The summed E-state index contributed by atoms with van der Waals surface area (Å²) >= 11 is 0. The van der Waals surface area contributed by atoms with Gasteiger partial charge in [-0.1, -0.05) is 6.92 Å². The van der Waals surface area contributed by atoms with E-state index in [1.165, 1.54) is 0 Å². The molecule has 0 bridgehead atoms. The van der Waals surface area contributed by atoms with Gasteiger partial charge in [-0.2, -0.15) is 0 Å². The molecular weight excluding hydrogens is 206 g/mol. The molecule has 0 aromatic rings. The van der Waals surface area contributed by atoms with E-state index in [9.17, 15) is 9.59 Å². The van der Waals surface area contributed by atoms with Crippen LogP contribution in [-0.2, 0) is 14.3 Å². The summed E-state index contributed by atoms with van der Waals surface area (Å²) in [6.45, 7) is 4.32. The van der Waals surface area contributed by atoms with Gasteiger partial charge in [0.25, 0.3) is 0 Å². The first-order valence-corrected chi connectivity index (χ1v) is 6.06. The number of nitrogens with one attached hydrogen (secondary N) is 1. The topological polar surface area (TPSA) is 55.4 Å². The van der Waals surface area contributed by atoms with E-state index in [1.54, 1.807) is 6.92 Å². The van der Waals surface area contributed by atoms with Crippen LogP contribution in [0.5, 0.6) is 0 Å². The maximum atomic E-state index is 11.7. The minimum Gasteiger partial charge on any atom is -0.465 e. The quantitative estimate of drug-likeness (QED) is 0.740. The first-order valence-electron chi connectivity index (χ1n) is 6.06. The molecule has 0 aliphatic heterocycles. The van der Waals surface area contributed by atoms with E-state index in [4.69, 9.17) is 4.74 Å². The van der Waals surface area contributed by atoms with Gasteiger partial charge in [0.2, 0.25) is 5.91 Å². The Labute approximate surface area is 96.7 Å². The maximum Gasteiger partial charge on any atom is 0.325 e. The number of esters is 1. The fourth-order valence-electron chi connectivity index (χ4n) is 2.04. The Balaban J connectivity index is 2.22. The number of hydrogen-bond donors (Lipinski definition) is 1. The monoisotopic (exact) mass is 227 g/mol. The molecule has 0 aromatic carbocycles. The number of hydrogen-bond acceptors (Lipinski definition) is 3. The lowest BCUT2D eigenvalue weighted by atomic mass is 9.82. The summed E-state index contributed by atoms with van der Waals surface area (Å²) in [5, 5.41) is 2.64. The van der Waals surface area contributed by atoms with Crippen LogP contribution in [0.15, 0.2) is 0 Å². The number of carbonyl (C=O) groups excluding carboxylic acids is 2. The third-order valence-corrected chi connectivity index (χ3v) is 3.10. The Morgan fingerprint density at radius 1 is 1.25 bits per heavy atom. The highest BCUT2D eigenvalue weighted by Crippen LogP contribution is 2.28. The zero-order chi connectivity index (χ0) is 12.0. The van der Waals surface area contributed by atoms with Crippen LogP contribution in [0.25, 0.3) is 0 Å². The van der Waals surface area contributed by atoms with Crippen molar-refractivity contribution in [2.45, 2.75) is 39.5 Å². The molecule has 0 atom stereocenters. The average Bonchev–Trinajstić information content (AvgIpc) is 2.27. The van der Waals surface area contributed by atoms with Crippen LogP contribution in [0.1, 0.15) is 39.5 Å². The lowest BCUT2D eigenvalue weighted by Gasteiger charge is -2.25. The van der Waals surface area contributed by atoms with E-state index >= 15 is 0 Å². The molecule has 16 heavy (non-hydrogen) atoms. The molecule has 0 radical (unpaired) electrons. The summed E-state index contributed by atoms with van der Waals surface area (Å²) in [5.74, 6) is 0.458. The highest BCUT2D eigenvalue weighted by molar-refractivity contribution is 5.83. The molecule has 0 saturated heterocycles. The maximum absolute atomic E-state index is 11.7. The van der Waals surface area contributed by atoms with Crippen molar-refractivity contribution in [3.8, 4) is 0 Å². The fraction of sp³-hybridized carbons (Fsp3) is 0.833. The largest absolute Gasteiger partial charge is 0.465 e. The zero-order valence-electron chi connectivity index (χ0n) is 10.1. The molecule has 4 nitrogen and oxygen atoms in total. The lowest BCUT2D eigenvalue weighted by molar-refractivity contribution is -0.144. The highest BCUT2D eigenvalue weighted by atomic mass is 16.5. The predicted octanol–water partition coefficient (Wildman–Crippen LogP) is 1.49. The normalized spacial score (nSPS) is 24.9. The van der Waals surface area contributed by atoms with Crippen LogP contribution in [0, 0.1) is 11.8 Å². The first kappa shape index (κ1) is 13.0. The van der Waals surface area contributed by atoms with Gasteiger partial charge in [-0.25, -0.2) is 0 Å². The molecule has 1 saturated carbocycles. The molecule has 0 heterocycles. The Morgan fingerprint density at radius 3 is 2.44 bits per heavy atom. The van der Waals surface area contributed by atoms with E-state index in [0.29, 0.717) is 6.61 Å². The molecule has 92 valence electrons. The van der Waals surface area contributed by atoms with E-state index < -0.39 is 0 Å². The van der Waals surface area contributed by atoms with Crippen LogP contribution in [-0.4, -0.2) is 25.0 Å². The average molecular weight is 227 g/mol. The van der Waals surface area contributed by atoms with Crippen molar-refractivity contribution in [2.24, 2.45) is 11.8 Å². The van der Waals surface area contributed by atoms with Gasteiger partial charge in [-0.15, -0.1) is 0 Å². The van der Waals surface area contributed by atoms with Crippen molar-refractivity contribution in [1.82, 2.24) is 5.32 Å². The van der Waals surface area contributed by atoms with Crippen LogP contribution >= 0.6 is 0 Å². The minimum absolute atomic E-state index is 0.0000435. The minimum atomic E-state index is -0.361. The van der Waals surface area contributed by atoms with Gasteiger partial charge in [0.1, 0.15) is 6.54 Å². The van der Waals surface area contributed by atoms with Crippen LogP contribution < -0.4 is 5.32 Å². The Hall–Kier alpha value is -1.06. The summed E-state index contributed by atoms with van der Waals surface area (Å²) in [6, 6.07) is 0. The molecular formula is C12H21NO3. The van der Waals surface area contributed by atoms with E-state index in [0.717, 1.165) is 31.6 Å². The number of ether oxygens (including phenoxy) is 1. The molecule has 1 amide bonds. The Kier molecular flexibility index (Phi) is 5.29. The van der Waals surface area contributed by atoms with E-state index in [1.807, 2.05) is 0 Å². The smallest absolute Gasteiger partial charge is 0.325 e. The number of amides is 1. The molecule has 0 aromatic heterocycles. The third kappa shape index (κ3) is 4.21. The van der Waals surface area contributed by atoms with Gasteiger partial charge >= 0.3 is 5.97 Å². The van der Waals surface area contributed by atoms with Gasteiger partial charge < -0.3 is 10.1 Å². The fourth-order valence-corrected chi connectivity index (χ4v) is 2.04. The summed E-state index contributed by atoms with van der Waals surface area (Å²) in [5.41, 5.74) is 0. The molecule has 1 N–H and O–H groups in total.